The summed E-state index contributed by atoms with van der Waals surface area (Å²) in [5.41, 5.74) is 4.66. The molecule has 2 amide bonds. The summed E-state index contributed by atoms with van der Waals surface area (Å²) in [6, 6.07) is 10.6. The molecule has 2 aromatic carbocycles. The molecule has 1 fully saturated rings. The van der Waals surface area contributed by atoms with Crippen molar-refractivity contribution in [1.82, 2.24) is 25.1 Å². The van der Waals surface area contributed by atoms with E-state index in [-0.39, 0.29) is 18.4 Å². The first kappa shape index (κ1) is 27.2. The number of aromatic nitrogens is 4. The van der Waals surface area contributed by atoms with Crippen LogP contribution < -0.4 is 20.1 Å². The number of aryl methyl sites for hydroxylation is 1. The number of hydrogen-bond donors (Lipinski definition) is 2. The number of likely N-dealkylation sites (tertiary alicyclic amines) is 1. The first-order chi connectivity index (χ1) is 19.4. The standard InChI is InChI=1S/C29H35N7O4/c1-5-39-24-16-21(12-13-23(24)40-17-25(37)35-14-7-6-8-15-35)27-26(20(4)30-29-32-33-34-36(27)29)28(38)31-22-11-9-10-18(2)19(22)3/h9-13,16,27H,5-8,14-15,17H2,1-4H3,(H,31,38)(H,30,32,34). The van der Waals surface area contributed by atoms with Crippen LogP contribution in [0.3, 0.4) is 0 Å². The van der Waals surface area contributed by atoms with Crippen LogP contribution in [-0.2, 0) is 9.59 Å². The second-order valence-corrected chi connectivity index (χ2v) is 10.1. The van der Waals surface area contributed by atoms with Gasteiger partial charge in [0.25, 0.3) is 11.8 Å². The second-order valence-electron chi connectivity index (χ2n) is 10.1. The topological polar surface area (TPSA) is 124 Å². The van der Waals surface area contributed by atoms with Crippen molar-refractivity contribution in [3.8, 4) is 11.5 Å². The van der Waals surface area contributed by atoms with E-state index in [9.17, 15) is 9.59 Å². The normalized spacial score (nSPS) is 16.7. The minimum Gasteiger partial charge on any atom is -0.490 e. The first-order valence-corrected chi connectivity index (χ1v) is 13.7. The fraction of sp³-hybridized carbons (Fsp3) is 0.414. The number of rotatable bonds is 8. The maximum atomic E-state index is 13.8. The predicted octanol–water partition coefficient (Wildman–Crippen LogP) is 4.01. The lowest BCUT2D eigenvalue weighted by Crippen LogP contribution is -2.38. The van der Waals surface area contributed by atoms with Gasteiger partial charge in [-0.3, -0.25) is 9.59 Å². The number of carbonyl (C=O) groups excluding carboxylic acids is 2. The summed E-state index contributed by atoms with van der Waals surface area (Å²) < 4.78 is 13.4. The van der Waals surface area contributed by atoms with Gasteiger partial charge < -0.3 is 25.0 Å². The molecule has 11 nitrogen and oxygen atoms in total. The highest BCUT2D eigenvalue weighted by Gasteiger charge is 2.35. The van der Waals surface area contributed by atoms with E-state index in [1.165, 1.54) is 0 Å². The van der Waals surface area contributed by atoms with Crippen molar-refractivity contribution in [2.45, 2.75) is 53.0 Å². The number of nitrogens with one attached hydrogen (secondary N) is 2. The van der Waals surface area contributed by atoms with Crippen LogP contribution in [0.1, 0.15) is 55.8 Å². The minimum atomic E-state index is -0.625. The number of tetrazole rings is 1. The molecule has 2 N–H and O–H groups in total. The molecule has 2 aliphatic heterocycles. The van der Waals surface area contributed by atoms with Crippen molar-refractivity contribution >= 4 is 23.5 Å². The molecule has 1 saturated heterocycles. The van der Waals surface area contributed by atoms with Crippen molar-refractivity contribution < 1.29 is 19.1 Å². The van der Waals surface area contributed by atoms with Crippen molar-refractivity contribution in [3.05, 3.63) is 64.4 Å². The smallest absolute Gasteiger partial charge is 0.260 e. The summed E-state index contributed by atoms with van der Waals surface area (Å²) in [5.74, 6) is 1.06. The lowest BCUT2D eigenvalue weighted by molar-refractivity contribution is -0.134. The first-order valence-electron chi connectivity index (χ1n) is 13.7. The Bertz CT molecular complexity index is 1440. The highest BCUT2D eigenvalue weighted by atomic mass is 16.5. The average molecular weight is 546 g/mol. The maximum Gasteiger partial charge on any atom is 0.260 e. The van der Waals surface area contributed by atoms with Gasteiger partial charge in [0.1, 0.15) is 6.04 Å². The van der Waals surface area contributed by atoms with Gasteiger partial charge in [-0.25, -0.2) is 0 Å². The van der Waals surface area contributed by atoms with Crippen molar-refractivity contribution in [2.75, 3.05) is 36.9 Å². The van der Waals surface area contributed by atoms with Crippen LogP contribution >= 0.6 is 0 Å². The predicted molar refractivity (Wildman–Crippen MR) is 150 cm³/mol. The molecule has 0 spiro atoms. The second kappa shape index (κ2) is 11.8. The fourth-order valence-electron chi connectivity index (χ4n) is 5.15. The molecule has 0 aliphatic carbocycles. The summed E-state index contributed by atoms with van der Waals surface area (Å²) in [6.45, 7) is 9.56. The van der Waals surface area contributed by atoms with Crippen LogP contribution in [0.15, 0.2) is 47.7 Å². The van der Waals surface area contributed by atoms with Crippen LogP contribution in [0.5, 0.6) is 11.5 Å². The molecule has 1 atom stereocenters. The number of nitrogens with zero attached hydrogens (tertiary/aromatic N) is 5. The van der Waals surface area contributed by atoms with Gasteiger partial charge in [-0.05, 0) is 92.3 Å². The van der Waals surface area contributed by atoms with E-state index in [4.69, 9.17) is 9.47 Å². The van der Waals surface area contributed by atoms with E-state index in [2.05, 4.69) is 26.2 Å². The van der Waals surface area contributed by atoms with Crippen LogP contribution in [0.25, 0.3) is 0 Å². The molecule has 210 valence electrons. The molecule has 0 radical (unpaired) electrons. The summed E-state index contributed by atoms with van der Waals surface area (Å²) in [4.78, 5) is 28.3. The number of carbonyl (C=O) groups is 2. The molecule has 0 bridgehead atoms. The highest BCUT2D eigenvalue weighted by Crippen LogP contribution is 2.39. The Kier molecular flexibility index (Phi) is 7.99. The third-order valence-corrected chi connectivity index (χ3v) is 7.45. The van der Waals surface area contributed by atoms with Gasteiger partial charge in [0.05, 0.1) is 12.2 Å². The SMILES string of the molecule is CCOc1cc(C2C(C(=O)Nc3cccc(C)c3C)=C(C)Nc3nnnn32)ccc1OCC(=O)N1CCCCC1. The minimum absolute atomic E-state index is 0.0353. The molecular weight excluding hydrogens is 510 g/mol. The van der Waals surface area contributed by atoms with Crippen LogP contribution in [-0.4, -0.2) is 63.2 Å². The van der Waals surface area contributed by atoms with Gasteiger partial charge in [0.2, 0.25) is 5.95 Å². The molecule has 5 rings (SSSR count). The zero-order chi connectivity index (χ0) is 28.2. The number of allylic oxidation sites excluding steroid dienone is 1. The molecule has 3 heterocycles. The Labute approximate surface area is 233 Å². The number of anilines is 2. The largest absolute Gasteiger partial charge is 0.490 e. The van der Waals surface area contributed by atoms with Crippen molar-refractivity contribution in [2.24, 2.45) is 0 Å². The molecule has 40 heavy (non-hydrogen) atoms. The highest BCUT2D eigenvalue weighted by molar-refractivity contribution is 6.06. The molecule has 1 unspecified atom stereocenters. The fourth-order valence-corrected chi connectivity index (χ4v) is 5.15. The van der Waals surface area contributed by atoms with Crippen molar-refractivity contribution in [1.29, 1.82) is 0 Å². The van der Waals surface area contributed by atoms with E-state index in [0.29, 0.717) is 35.3 Å². The molecule has 11 heteroatoms. The summed E-state index contributed by atoms with van der Waals surface area (Å²) in [7, 11) is 0. The van der Waals surface area contributed by atoms with Crippen LogP contribution in [0.4, 0.5) is 11.6 Å². The number of benzene rings is 2. The molecule has 3 aromatic rings. The van der Waals surface area contributed by atoms with Gasteiger partial charge in [0, 0.05) is 24.5 Å². The van der Waals surface area contributed by atoms with Gasteiger partial charge in [-0.2, -0.15) is 4.68 Å². The Morgan fingerprint density at radius 2 is 1.85 bits per heavy atom. The maximum absolute atomic E-state index is 13.8. The summed E-state index contributed by atoms with van der Waals surface area (Å²) >= 11 is 0. The van der Waals surface area contributed by atoms with Crippen LogP contribution in [0, 0.1) is 13.8 Å². The van der Waals surface area contributed by atoms with E-state index in [1.54, 1.807) is 10.7 Å². The Balaban J connectivity index is 1.45. The Hall–Kier alpha value is -4.41. The number of fused-ring (bicyclic) bond motifs is 1. The van der Waals surface area contributed by atoms with E-state index >= 15 is 0 Å². The zero-order valence-corrected chi connectivity index (χ0v) is 23.4. The van der Waals surface area contributed by atoms with Crippen LogP contribution in [0.2, 0.25) is 0 Å². The van der Waals surface area contributed by atoms with E-state index in [0.717, 1.165) is 54.7 Å². The van der Waals surface area contributed by atoms with Gasteiger partial charge in [-0.15, -0.1) is 0 Å². The lowest BCUT2D eigenvalue weighted by Gasteiger charge is -2.29. The Morgan fingerprint density at radius 3 is 2.62 bits per heavy atom. The average Bonchev–Trinajstić information content (AvgIpc) is 3.42. The van der Waals surface area contributed by atoms with Crippen molar-refractivity contribution in [3.63, 3.8) is 0 Å². The van der Waals surface area contributed by atoms with E-state index < -0.39 is 6.04 Å². The quantitative estimate of drug-likeness (QED) is 0.435. The Morgan fingerprint density at radius 1 is 1.05 bits per heavy atom. The molecular formula is C29H35N7O4. The zero-order valence-electron chi connectivity index (χ0n) is 23.4. The molecule has 1 aromatic heterocycles. The summed E-state index contributed by atoms with van der Waals surface area (Å²) in [5, 5.41) is 18.3. The number of hydrogen-bond acceptors (Lipinski definition) is 8. The lowest BCUT2D eigenvalue weighted by atomic mass is 9.94. The number of amides is 2. The third-order valence-electron chi connectivity index (χ3n) is 7.45. The monoisotopic (exact) mass is 545 g/mol. The molecule has 2 aliphatic rings. The number of ether oxygens (including phenoxy) is 2. The molecule has 0 saturated carbocycles. The van der Waals surface area contributed by atoms with Gasteiger partial charge >= 0.3 is 0 Å². The summed E-state index contributed by atoms with van der Waals surface area (Å²) in [6.07, 6.45) is 3.19. The third kappa shape index (κ3) is 5.49. The van der Waals surface area contributed by atoms with Gasteiger partial charge in [-0.1, -0.05) is 23.3 Å². The van der Waals surface area contributed by atoms with E-state index in [1.807, 2.05) is 62.9 Å². The van der Waals surface area contributed by atoms with Gasteiger partial charge in [0.15, 0.2) is 18.1 Å². The number of piperidine rings is 1.